The van der Waals surface area contributed by atoms with Crippen LogP contribution in [0.1, 0.15) is 122 Å². The summed E-state index contributed by atoms with van der Waals surface area (Å²) in [5.74, 6) is -2.85. The molecule has 0 aromatic rings. The van der Waals surface area contributed by atoms with Crippen molar-refractivity contribution in [3.63, 3.8) is 0 Å². The van der Waals surface area contributed by atoms with Crippen molar-refractivity contribution in [2.75, 3.05) is 20.7 Å². The fourth-order valence-electron chi connectivity index (χ4n) is 9.53. The van der Waals surface area contributed by atoms with E-state index in [4.69, 9.17) is 28.4 Å². The number of aliphatic hydroxyl groups excluding tert-OH is 2. The van der Waals surface area contributed by atoms with Crippen LogP contribution in [0.5, 0.6) is 0 Å². The molecule has 3 aliphatic heterocycles. The number of rotatable bonds is 9. The Morgan fingerprint density at radius 1 is 0.944 bits per heavy atom. The van der Waals surface area contributed by atoms with Crippen molar-refractivity contribution in [3.8, 4) is 0 Å². The van der Waals surface area contributed by atoms with Crippen LogP contribution in [0.25, 0.3) is 0 Å². The Bertz CT molecular complexity index is 1200. The second-order valence-corrected chi connectivity index (χ2v) is 18.8. The molecule has 0 bridgehead atoms. The van der Waals surface area contributed by atoms with Crippen molar-refractivity contribution in [1.82, 2.24) is 4.90 Å². The molecule has 0 aliphatic carbocycles. The largest absolute Gasteiger partial charge is 0.459 e. The fraction of sp³-hybridized carbons (Fsp3) is 0.976. The van der Waals surface area contributed by atoms with Gasteiger partial charge in [0.25, 0.3) is 0 Å². The number of esters is 1. The van der Waals surface area contributed by atoms with Crippen LogP contribution in [0.2, 0.25) is 0 Å². The summed E-state index contributed by atoms with van der Waals surface area (Å²) in [5.41, 5.74) is -4.91. The average Bonchev–Trinajstić information content (AvgIpc) is 3.05. The quantitative estimate of drug-likeness (QED) is 0.213. The number of hydrogen-bond donors (Lipinski definition) is 5. The SMILES string of the molecule is CC[C@@H]1OC(=O)[C@H](C)[C@@H](O[C@H]2C[C@@](C)(OC)[C@@H](C)[C@H](C)O2)[C@H](C)[C@@H](O[C@@H]2O[C@H](C)C[C@H](N(C)CC(C)(C)O)[C@H]2O)[C@@](C)(O)C[C@@H](C)C[C@@H](C)[C@@H](O)[C@]1(C)O. The maximum atomic E-state index is 14.2. The van der Waals surface area contributed by atoms with Gasteiger partial charge in [0.1, 0.15) is 17.8 Å². The molecular weight excluding hydrogens is 698 g/mol. The Morgan fingerprint density at radius 2 is 1.56 bits per heavy atom. The number of ether oxygens (including phenoxy) is 6. The first-order chi connectivity index (χ1) is 24.7. The molecule has 0 aromatic heterocycles. The van der Waals surface area contributed by atoms with Gasteiger partial charge in [-0.15, -0.1) is 0 Å². The van der Waals surface area contributed by atoms with E-state index >= 15 is 0 Å². The molecule has 3 fully saturated rings. The molecule has 3 saturated heterocycles. The van der Waals surface area contributed by atoms with Gasteiger partial charge >= 0.3 is 5.97 Å². The Kier molecular flexibility index (Phi) is 16.1. The van der Waals surface area contributed by atoms with Gasteiger partial charge in [-0.25, -0.2) is 0 Å². The van der Waals surface area contributed by atoms with Gasteiger partial charge in [0.15, 0.2) is 12.6 Å². The molecule has 3 heterocycles. The summed E-state index contributed by atoms with van der Waals surface area (Å²) in [7, 11) is 3.50. The number of likely N-dealkylation sites (N-methyl/N-ethyl adjacent to an activating group) is 1. The van der Waals surface area contributed by atoms with Crippen LogP contribution in [-0.2, 0) is 33.2 Å². The molecule has 0 saturated carbocycles. The molecule has 18 atom stereocenters. The summed E-state index contributed by atoms with van der Waals surface area (Å²) >= 11 is 0. The van der Waals surface area contributed by atoms with Crippen LogP contribution in [0.4, 0.5) is 0 Å². The Labute approximate surface area is 325 Å². The third-order valence-corrected chi connectivity index (χ3v) is 12.9. The van der Waals surface area contributed by atoms with Gasteiger partial charge in [-0.3, -0.25) is 9.69 Å². The molecule has 5 N–H and O–H groups in total. The third-order valence-electron chi connectivity index (χ3n) is 12.9. The predicted octanol–water partition coefficient (Wildman–Crippen LogP) is 4.02. The first kappa shape index (κ1) is 47.4. The highest BCUT2D eigenvalue weighted by Crippen LogP contribution is 2.42. The minimum absolute atomic E-state index is 0.0419. The lowest BCUT2D eigenvalue weighted by atomic mass is 9.74. The zero-order chi connectivity index (χ0) is 41.3. The fourth-order valence-corrected chi connectivity index (χ4v) is 9.53. The van der Waals surface area contributed by atoms with Crippen LogP contribution in [0.3, 0.4) is 0 Å². The zero-order valence-corrected chi connectivity index (χ0v) is 35.9. The topological polar surface area (TPSA) is 177 Å². The highest BCUT2D eigenvalue weighted by atomic mass is 16.7. The van der Waals surface area contributed by atoms with Gasteiger partial charge in [-0.05, 0) is 100.0 Å². The van der Waals surface area contributed by atoms with E-state index < -0.39 is 95.3 Å². The number of nitrogens with zero attached hydrogens (tertiary/aromatic N) is 1. The Morgan fingerprint density at radius 3 is 2.11 bits per heavy atom. The normalized spacial score (nSPS) is 47.9. The van der Waals surface area contributed by atoms with Gasteiger partial charge in [-0.2, -0.15) is 0 Å². The Balaban J connectivity index is 2.15. The van der Waals surface area contributed by atoms with E-state index in [1.807, 2.05) is 53.5 Å². The van der Waals surface area contributed by atoms with Crippen molar-refractivity contribution in [3.05, 3.63) is 0 Å². The Hall–Kier alpha value is -0.970. The van der Waals surface area contributed by atoms with Crippen molar-refractivity contribution >= 4 is 5.97 Å². The van der Waals surface area contributed by atoms with Gasteiger partial charge in [0, 0.05) is 38.0 Å². The van der Waals surface area contributed by atoms with Gasteiger partial charge < -0.3 is 54.0 Å². The third kappa shape index (κ3) is 11.2. The van der Waals surface area contributed by atoms with Crippen LogP contribution in [-0.4, -0.2) is 141 Å². The minimum Gasteiger partial charge on any atom is -0.459 e. The zero-order valence-electron chi connectivity index (χ0n) is 35.9. The minimum atomic E-state index is -1.75. The maximum Gasteiger partial charge on any atom is 0.311 e. The van der Waals surface area contributed by atoms with E-state index in [1.54, 1.807) is 41.7 Å². The summed E-state index contributed by atoms with van der Waals surface area (Å²) in [6, 6.07) is -0.421. The van der Waals surface area contributed by atoms with Crippen molar-refractivity contribution in [2.24, 2.45) is 29.6 Å². The van der Waals surface area contributed by atoms with Crippen molar-refractivity contribution < 1.29 is 58.7 Å². The number of hydrogen-bond acceptors (Lipinski definition) is 13. The molecule has 13 nitrogen and oxygen atoms in total. The highest BCUT2D eigenvalue weighted by molar-refractivity contribution is 5.73. The molecule has 54 heavy (non-hydrogen) atoms. The predicted molar refractivity (Wildman–Crippen MR) is 204 cm³/mol. The molecule has 3 rings (SSSR count). The van der Waals surface area contributed by atoms with Crippen molar-refractivity contribution in [2.45, 2.75) is 206 Å². The maximum absolute atomic E-state index is 14.2. The molecular formula is C41H77NO12. The first-order valence-electron chi connectivity index (χ1n) is 20.3. The summed E-state index contributed by atoms with van der Waals surface area (Å²) in [6.07, 6.45) is -6.12. The van der Waals surface area contributed by atoms with Gasteiger partial charge in [-0.1, -0.05) is 34.6 Å². The summed E-state index contributed by atoms with van der Waals surface area (Å²) in [4.78, 5) is 16.1. The number of aliphatic hydroxyl groups is 5. The summed E-state index contributed by atoms with van der Waals surface area (Å²) < 4.78 is 38.3. The van der Waals surface area contributed by atoms with Crippen LogP contribution >= 0.6 is 0 Å². The van der Waals surface area contributed by atoms with E-state index in [2.05, 4.69) is 6.92 Å². The van der Waals surface area contributed by atoms with E-state index in [0.29, 0.717) is 25.8 Å². The first-order valence-corrected chi connectivity index (χ1v) is 20.3. The monoisotopic (exact) mass is 776 g/mol. The molecule has 0 unspecified atom stereocenters. The lowest BCUT2D eigenvalue weighted by molar-refractivity contribution is -0.314. The van der Waals surface area contributed by atoms with Crippen molar-refractivity contribution in [1.29, 1.82) is 0 Å². The smallest absolute Gasteiger partial charge is 0.311 e. The van der Waals surface area contributed by atoms with E-state index in [9.17, 15) is 30.3 Å². The second kappa shape index (κ2) is 18.3. The molecule has 318 valence electrons. The van der Waals surface area contributed by atoms with E-state index in [1.165, 1.54) is 6.92 Å². The van der Waals surface area contributed by atoms with Crippen LogP contribution in [0.15, 0.2) is 0 Å². The summed E-state index contributed by atoms with van der Waals surface area (Å²) in [5, 5.41) is 58.1. The van der Waals surface area contributed by atoms with Crippen LogP contribution in [0, 0.1) is 29.6 Å². The summed E-state index contributed by atoms with van der Waals surface area (Å²) in [6.45, 7) is 24.0. The standard InChI is InChI=1S/C41H77NO12/c1-16-30-41(13,48)34(44)23(3)17-22(2)19-39(11,47)35(54-37-32(43)29(18-24(4)50-37)42(14)21-38(9,10)46)25(5)33(26(6)36(45)52-30)53-31-20-40(12,49-15)27(7)28(8)51-31/h22-35,37,43-44,46-48H,16-21H2,1-15H3/t22-,23+,24+,25-,26+,27-,28-,29-,30-,31-,32+,33-,34+,35+,37-,39-,40+,41+/m0/s1. The molecule has 3 aliphatic rings. The van der Waals surface area contributed by atoms with Gasteiger partial charge in [0.05, 0.1) is 53.2 Å². The second-order valence-electron chi connectivity index (χ2n) is 18.8. The molecule has 0 spiro atoms. The lowest BCUT2D eigenvalue weighted by Crippen LogP contribution is -2.61. The van der Waals surface area contributed by atoms with Crippen LogP contribution < -0.4 is 0 Å². The number of carbonyl (C=O) groups excluding carboxylic acids is 1. The number of methoxy groups -OCH3 is 1. The van der Waals surface area contributed by atoms with Gasteiger partial charge in [0.2, 0.25) is 0 Å². The lowest BCUT2D eigenvalue weighted by Gasteiger charge is -2.49. The molecule has 0 radical (unpaired) electrons. The molecule has 13 heteroatoms. The highest BCUT2D eigenvalue weighted by Gasteiger charge is 2.52. The average molecular weight is 776 g/mol. The number of cyclic esters (lactones) is 1. The van der Waals surface area contributed by atoms with E-state index in [-0.39, 0.29) is 36.9 Å². The molecule has 0 aromatic carbocycles. The van der Waals surface area contributed by atoms with E-state index in [0.717, 1.165) is 0 Å². The molecule has 0 amide bonds. The number of carbonyl (C=O) groups is 1.